The minimum absolute atomic E-state index is 0.342. The Hall–Kier alpha value is -2.21. The number of hydrogen-bond donors (Lipinski definition) is 0. The van der Waals surface area contributed by atoms with Crippen LogP contribution in [0.2, 0.25) is 0 Å². The van der Waals surface area contributed by atoms with Gasteiger partial charge in [-0.25, -0.2) is 9.98 Å². The molecule has 0 saturated heterocycles. The molecule has 0 bridgehead atoms. The fourth-order valence-electron chi connectivity index (χ4n) is 5.76. The highest BCUT2D eigenvalue weighted by Crippen LogP contribution is 2.22. The maximum Gasteiger partial charge on any atom is 0.219 e. The average molecular weight is 621 g/mol. The van der Waals surface area contributed by atoms with E-state index in [-0.39, 0.29) is 0 Å². The number of rotatable bonds is 22. The third-order valence-electron chi connectivity index (χ3n) is 8.97. The lowest BCUT2D eigenvalue weighted by atomic mass is 10.1. The number of hydrogen-bond acceptors (Lipinski definition) is 1. The Bertz CT molecular complexity index is 1010. The molecule has 0 aliphatic heterocycles. The van der Waals surface area contributed by atoms with Crippen molar-refractivity contribution in [1.82, 2.24) is 8.97 Å². The number of aliphatic imine (C=N–C) groups is 2. The number of thiocarbonyl (C=S) groups is 1. The molecule has 5 heteroatoms. The molecular formula is C39H64N4S+2. The predicted molar refractivity (Wildman–Crippen MR) is 203 cm³/mol. The van der Waals surface area contributed by atoms with E-state index in [1.807, 2.05) is 12.4 Å². The molecule has 44 heavy (non-hydrogen) atoms. The van der Waals surface area contributed by atoms with E-state index >= 15 is 0 Å². The summed E-state index contributed by atoms with van der Waals surface area (Å²) in [4.78, 5) is 8.85. The van der Waals surface area contributed by atoms with Crippen LogP contribution in [0.3, 0.4) is 0 Å². The molecule has 0 amide bonds. The molecule has 0 atom stereocenters. The van der Waals surface area contributed by atoms with E-state index in [2.05, 4.69) is 101 Å². The van der Waals surface area contributed by atoms with Crippen LogP contribution in [0.15, 0.2) is 58.5 Å². The molecular weight excluding hydrogens is 557 g/mol. The van der Waals surface area contributed by atoms with E-state index in [4.69, 9.17) is 12.2 Å². The van der Waals surface area contributed by atoms with Crippen LogP contribution < -0.4 is 8.97 Å². The van der Waals surface area contributed by atoms with Crippen molar-refractivity contribution >= 4 is 41.1 Å². The number of unbranched alkanes of at least 4 members (excludes halogenated alkanes) is 14. The summed E-state index contributed by atoms with van der Waals surface area (Å²) >= 11 is 5.42. The molecule has 0 aliphatic carbocycles. The minimum Gasteiger partial charge on any atom is -0.296 e. The fraction of sp³-hybridized carbons (Fsp3) is 0.615. The van der Waals surface area contributed by atoms with Gasteiger partial charge in [-0.1, -0.05) is 90.9 Å². The Labute approximate surface area is 276 Å². The molecule has 0 N–H and O–H groups in total. The van der Waals surface area contributed by atoms with Gasteiger partial charge in [-0.15, -0.1) is 0 Å². The summed E-state index contributed by atoms with van der Waals surface area (Å²) in [5.74, 6) is 0. The Morgan fingerprint density at radius 2 is 0.795 bits per heavy atom. The molecule has 0 spiro atoms. The third kappa shape index (κ3) is 15.7. The van der Waals surface area contributed by atoms with Gasteiger partial charge in [0.05, 0.1) is 41.3 Å². The normalized spacial score (nSPS) is 12.5. The summed E-state index contributed by atoms with van der Waals surface area (Å²) < 4.78 is 1.81. The van der Waals surface area contributed by atoms with Crippen LogP contribution >= 0.6 is 12.2 Å². The van der Waals surface area contributed by atoms with Crippen molar-refractivity contribution < 1.29 is 0 Å². The molecule has 0 aromatic heterocycles. The van der Waals surface area contributed by atoms with Crippen LogP contribution in [0.4, 0.5) is 11.4 Å². The third-order valence-corrected chi connectivity index (χ3v) is 9.18. The number of benzene rings is 2. The van der Waals surface area contributed by atoms with Gasteiger partial charge in [0.25, 0.3) is 0 Å². The first-order chi connectivity index (χ1) is 21.2. The van der Waals surface area contributed by atoms with Crippen LogP contribution in [0.25, 0.3) is 0 Å². The van der Waals surface area contributed by atoms with Crippen LogP contribution in [-0.2, 0) is 0 Å². The predicted octanol–water partition coefficient (Wildman–Crippen LogP) is 10.9. The first-order valence-corrected chi connectivity index (χ1v) is 18.1. The summed E-state index contributed by atoms with van der Waals surface area (Å²) in [7, 11) is 9.21. The highest BCUT2D eigenvalue weighted by atomic mass is 32.1. The van der Waals surface area contributed by atoms with E-state index in [9.17, 15) is 0 Å². The quantitative estimate of drug-likeness (QED) is 0.0556. The maximum atomic E-state index is 5.42. The highest BCUT2D eigenvalue weighted by Gasteiger charge is 2.19. The average Bonchev–Trinajstić information content (AvgIpc) is 3.02. The van der Waals surface area contributed by atoms with Crippen LogP contribution in [0.1, 0.15) is 128 Å². The summed E-state index contributed by atoms with van der Waals surface area (Å²) in [6.07, 6.45) is 25.3. The van der Waals surface area contributed by atoms with Crippen LogP contribution in [0.5, 0.6) is 0 Å². The van der Waals surface area contributed by atoms with Crippen molar-refractivity contribution in [2.24, 2.45) is 9.98 Å². The summed E-state index contributed by atoms with van der Waals surface area (Å²) in [6, 6.07) is 17.4. The number of nitrogens with zero attached hydrogens (tertiary/aromatic N) is 4. The summed E-state index contributed by atoms with van der Waals surface area (Å²) in [5.41, 5.74) is 4.74. The van der Waals surface area contributed by atoms with Gasteiger partial charge in [0.1, 0.15) is 11.4 Å². The van der Waals surface area contributed by atoms with Gasteiger partial charge in [-0.05, 0) is 97.6 Å². The zero-order valence-electron chi connectivity index (χ0n) is 29.2. The second-order valence-electron chi connectivity index (χ2n) is 13.7. The first-order valence-electron chi connectivity index (χ1n) is 17.7. The minimum atomic E-state index is 0.342. The first kappa shape index (κ1) is 38.0. The standard InChI is InChI=1S/C39H64N4S/c1-7-9-11-13-15-17-19-21-31-42(3,4)37-27-23-35(24-28-37)33-40-39(44)41-34-36-25-29-38(30-26-36)43(5,6)32-22-20-18-16-14-12-10-8-2/h23-30,33-34H,7-22,31-32H2,1-6H3/q+2/b40-33+,41-34+. The van der Waals surface area contributed by atoms with Crippen molar-refractivity contribution in [3.05, 3.63) is 59.7 Å². The van der Waals surface area contributed by atoms with Gasteiger partial charge in [-0.2, -0.15) is 0 Å². The second kappa shape index (κ2) is 21.5. The SMILES string of the molecule is CCCCCCCCCC[N+](C)(C)c1ccc(/C=N/C(=S)/N=C/c2ccc([N+](C)(C)CCCCCCCCCC)cc2)cc1. The Kier molecular flexibility index (Phi) is 18.6. The molecule has 0 unspecified atom stereocenters. The smallest absolute Gasteiger partial charge is 0.219 e. The van der Waals surface area contributed by atoms with Crippen molar-refractivity contribution in [2.75, 3.05) is 41.3 Å². The molecule has 2 aromatic carbocycles. The Balaban J connectivity index is 1.75. The second-order valence-corrected chi connectivity index (χ2v) is 14.1. The van der Waals surface area contributed by atoms with Gasteiger partial charge < -0.3 is 0 Å². The molecule has 4 nitrogen and oxygen atoms in total. The molecule has 2 aromatic rings. The summed E-state index contributed by atoms with van der Waals surface area (Å²) in [6.45, 7) is 6.89. The lowest BCUT2D eigenvalue weighted by Gasteiger charge is -2.29. The van der Waals surface area contributed by atoms with E-state index < -0.39 is 0 Å². The van der Waals surface area contributed by atoms with Crippen LogP contribution in [-0.4, -0.2) is 58.8 Å². The topological polar surface area (TPSA) is 24.7 Å². The van der Waals surface area contributed by atoms with E-state index in [0.29, 0.717) is 5.11 Å². The largest absolute Gasteiger partial charge is 0.296 e. The molecule has 0 aliphatic rings. The fourth-order valence-corrected chi connectivity index (χ4v) is 5.87. The van der Waals surface area contributed by atoms with Crippen molar-refractivity contribution in [2.45, 2.75) is 117 Å². The van der Waals surface area contributed by atoms with Crippen molar-refractivity contribution in [1.29, 1.82) is 0 Å². The molecule has 0 heterocycles. The van der Waals surface area contributed by atoms with E-state index in [0.717, 1.165) is 33.2 Å². The molecule has 0 fully saturated rings. The monoisotopic (exact) mass is 620 g/mol. The zero-order chi connectivity index (χ0) is 32.1. The Morgan fingerprint density at radius 3 is 1.11 bits per heavy atom. The highest BCUT2D eigenvalue weighted by molar-refractivity contribution is 7.80. The van der Waals surface area contributed by atoms with E-state index in [1.165, 1.54) is 114 Å². The van der Waals surface area contributed by atoms with Crippen molar-refractivity contribution in [3.8, 4) is 0 Å². The zero-order valence-corrected chi connectivity index (χ0v) is 30.0. The van der Waals surface area contributed by atoms with E-state index in [1.54, 1.807) is 0 Å². The van der Waals surface area contributed by atoms with Gasteiger partial charge in [0.15, 0.2) is 0 Å². The van der Waals surface area contributed by atoms with Gasteiger partial charge in [0.2, 0.25) is 5.11 Å². The van der Waals surface area contributed by atoms with Gasteiger partial charge >= 0.3 is 0 Å². The molecule has 2 rings (SSSR count). The molecule has 244 valence electrons. The van der Waals surface area contributed by atoms with Crippen LogP contribution in [0, 0.1) is 0 Å². The lowest BCUT2D eigenvalue weighted by molar-refractivity contribution is 0.381. The molecule has 0 saturated carbocycles. The summed E-state index contributed by atoms with van der Waals surface area (Å²) in [5, 5.41) is 0.342. The maximum absolute atomic E-state index is 5.42. The number of quaternary nitrogens is 2. The van der Waals surface area contributed by atoms with Gasteiger partial charge in [0, 0.05) is 12.4 Å². The van der Waals surface area contributed by atoms with Crippen molar-refractivity contribution in [3.63, 3.8) is 0 Å². The van der Waals surface area contributed by atoms with Gasteiger partial charge in [-0.3, -0.25) is 8.97 Å². The molecule has 0 radical (unpaired) electrons. The Morgan fingerprint density at radius 1 is 0.500 bits per heavy atom. The lowest BCUT2D eigenvalue weighted by Crippen LogP contribution is -2.41.